The number of sulfonamides is 1. The van der Waals surface area contributed by atoms with E-state index >= 15 is 0 Å². The van der Waals surface area contributed by atoms with E-state index in [9.17, 15) is 18.0 Å². The number of aliphatic carboxylic acids is 1. The molecule has 1 saturated heterocycles. The van der Waals surface area contributed by atoms with Gasteiger partial charge in [-0.1, -0.05) is 6.92 Å². The summed E-state index contributed by atoms with van der Waals surface area (Å²) in [6, 6.07) is -1.02. The summed E-state index contributed by atoms with van der Waals surface area (Å²) in [5, 5.41) is 11.3. The van der Waals surface area contributed by atoms with Gasteiger partial charge in [0.25, 0.3) is 0 Å². The number of rotatable bonds is 7. The van der Waals surface area contributed by atoms with Gasteiger partial charge in [0.05, 0.1) is 31.4 Å². The molecular weight excluding hydrogens is 302 g/mol. The predicted octanol–water partition coefficient (Wildman–Crippen LogP) is -1.19. The average molecular weight is 323 g/mol. The molecule has 0 bridgehead atoms. The highest BCUT2D eigenvalue weighted by molar-refractivity contribution is 7.89. The fourth-order valence-corrected chi connectivity index (χ4v) is 2.93. The van der Waals surface area contributed by atoms with Crippen LogP contribution in [0.2, 0.25) is 0 Å². The molecule has 1 rings (SSSR count). The number of carboxylic acid groups (broad SMARTS) is 1. The van der Waals surface area contributed by atoms with E-state index in [2.05, 4.69) is 10.0 Å². The van der Waals surface area contributed by atoms with E-state index in [1.165, 1.54) is 4.90 Å². The van der Waals surface area contributed by atoms with Crippen molar-refractivity contribution in [2.45, 2.75) is 19.4 Å². The minimum absolute atomic E-state index is 0.0364. The van der Waals surface area contributed by atoms with Gasteiger partial charge in [-0.25, -0.2) is 17.9 Å². The molecule has 1 unspecified atom stereocenters. The number of hydrogen-bond donors (Lipinski definition) is 3. The lowest BCUT2D eigenvalue weighted by Gasteiger charge is -2.34. The first-order valence-electron chi connectivity index (χ1n) is 6.67. The topological polar surface area (TPSA) is 125 Å². The third-order valence-corrected chi connectivity index (χ3v) is 4.38. The second-order valence-corrected chi connectivity index (χ2v) is 6.50. The highest BCUT2D eigenvalue weighted by Gasteiger charge is 2.29. The second kappa shape index (κ2) is 8.15. The molecule has 0 saturated carbocycles. The Hall–Kier alpha value is -1.39. The van der Waals surface area contributed by atoms with E-state index in [1.54, 1.807) is 6.92 Å². The SMILES string of the molecule is CCNS(=O)(=O)CCNC(=O)N1CCOCC1CC(=O)O. The molecule has 9 nitrogen and oxygen atoms in total. The molecule has 122 valence electrons. The fourth-order valence-electron chi connectivity index (χ4n) is 1.98. The Balaban J connectivity index is 2.47. The van der Waals surface area contributed by atoms with Crippen molar-refractivity contribution in [2.24, 2.45) is 0 Å². The molecule has 0 aromatic rings. The first kappa shape index (κ1) is 17.7. The van der Waals surface area contributed by atoms with Crippen molar-refractivity contribution >= 4 is 22.0 Å². The summed E-state index contributed by atoms with van der Waals surface area (Å²) in [5.41, 5.74) is 0. The van der Waals surface area contributed by atoms with E-state index in [-0.39, 0.29) is 31.9 Å². The molecule has 1 aliphatic rings. The normalized spacial score (nSPS) is 19.3. The van der Waals surface area contributed by atoms with E-state index in [0.29, 0.717) is 13.2 Å². The number of carboxylic acids is 1. The van der Waals surface area contributed by atoms with E-state index in [1.807, 2.05) is 0 Å². The Kier molecular flexibility index (Phi) is 6.85. The van der Waals surface area contributed by atoms with Crippen LogP contribution in [0.3, 0.4) is 0 Å². The zero-order valence-electron chi connectivity index (χ0n) is 11.9. The van der Waals surface area contributed by atoms with Crippen LogP contribution < -0.4 is 10.0 Å². The Bertz CT molecular complexity index is 467. The van der Waals surface area contributed by atoms with Gasteiger partial charge in [-0.2, -0.15) is 0 Å². The quantitative estimate of drug-likeness (QED) is 0.541. The lowest BCUT2D eigenvalue weighted by Crippen LogP contribution is -2.53. The fraction of sp³-hybridized carbons (Fsp3) is 0.818. The standard InChI is InChI=1S/C11H21N3O6S/c1-2-13-21(18,19)6-3-12-11(17)14-4-5-20-8-9(14)7-10(15)16/h9,13H,2-8H2,1H3,(H,12,17)(H,15,16). The molecule has 10 heteroatoms. The molecule has 0 radical (unpaired) electrons. The molecule has 1 fully saturated rings. The lowest BCUT2D eigenvalue weighted by atomic mass is 10.1. The molecule has 0 aromatic carbocycles. The third kappa shape index (κ3) is 6.27. The average Bonchev–Trinajstić information content (AvgIpc) is 2.38. The molecule has 0 spiro atoms. The van der Waals surface area contributed by atoms with Gasteiger partial charge in [-0.05, 0) is 0 Å². The minimum Gasteiger partial charge on any atom is -0.481 e. The number of carbonyl (C=O) groups is 2. The number of morpholine rings is 1. The van der Waals surface area contributed by atoms with Gasteiger partial charge in [-0.15, -0.1) is 0 Å². The smallest absolute Gasteiger partial charge is 0.317 e. The maximum atomic E-state index is 12.0. The molecule has 1 heterocycles. The van der Waals surface area contributed by atoms with Crippen molar-refractivity contribution in [2.75, 3.05) is 38.6 Å². The van der Waals surface area contributed by atoms with Crippen molar-refractivity contribution in [3.05, 3.63) is 0 Å². The molecule has 21 heavy (non-hydrogen) atoms. The zero-order valence-corrected chi connectivity index (χ0v) is 12.7. The first-order valence-corrected chi connectivity index (χ1v) is 8.32. The van der Waals surface area contributed by atoms with Crippen LogP contribution in [-0.4, -0.2) is 75.1 Å². The molecule has 1 aliphatic heterocycles. The third-order valence-electron chi connectivity index (χ3n) is 2.91. The van der Waals surface area contributed by atoms with Crippen LogP contribution in [0, 0.1) is 0 Å². The maximum Gasteiger partial charge on any atom is 0.317 e. The van der Waals surface area contributed by atoms with Crippen molar-refractivity contribution in [1.29, 1.82) is 0 Å². The molecule has 2 amide bonds. The molecule has 3 N–H and O–H groups in total. The second-order valence-electron chi connectivity index (χ2n) is 4.57. The van der Waals surface area contributed by atoms with Gasteiger partial charge >= 0.3 is 12.0 Å². The molecule has 0 aromatic heterocycles. The first-order chi connectivity index (χ1) is 9.85. The van der Waals surface area contributed by atoms with Crippen molar-refractivity contribution in [3.63, 3.8) is 0 Å². The van der Waals surface area contributed by atoms with Crippen LogP contribution in [0.1, 0.15) is 13.3 Å². The van der Waals surface area contributed by atoms with Crippen molar-refractivity contribution in [3.8, 4) is 0 Å². The Morgan fingerprint density at radius 3 is 2.76 bits per heavy atom. The minimum atomic E-state index is -3.39. The van der Waals surface area contributed by atoms with Gasteiger partial charge in [0.1, 0.15) is 0 Å². The van der Waals surface area contributed by atoms with E-state index in [4.69, 9.17) is 9.84 Å². The van der Waals surface area contributed by atoms with Crippen LogP contribution in [0.15, 0.2) is 0 Å². The van der Waals surface area contributed by atoms with Crippen LogP contribution in [0.4, 0.5) is 4.79 Å². The number of ether oxygens (including phenoxy) is 1. The number of amides is 2. The van der Waals surface area contributed by atoms with Crippen molar-refractivity contribution in [1.82, 2.24) is 14.9 Å². The maximum absolute atomic E-state index is 12.0. The van der Waals surface area contributed by atoms with Gasteiger partial charge < -0.3 is 20.1 Å². The van der Waals surface area contributed by atoms with Crippen LogP contribution in [-0.2, 0) is 19.6 Å². The summed E-state index contributed by atoms with van der Waals surface area (Å²) >= 11 is 0. The van der Waals surface area contributed by atoms with Gasteiger partial charge in [0.2, 0.25) is 10.0 Å². The largest absolute Gasteiger partial charge is 0.481 e. The molecule has 0 aliphatic carbocycles. The highest BCUT2D eigenvalue weighted by Crippen LogP contribution is 2.10. The summed E-state index contributed by atoms with van der Waals surface area (Å²) < 4.78 is 30.3. The number of urea groups is 1. The highest BCUT2D eigenvalue weighted by atomic mass is 32.2. The molecule has 1 atom stereocenters. The Morgan fingerprint density at radius 1 is 1.43 bits per heavy atom. The Labute approximate surface area is 123 Å². The number of nitrogens with zero attached hydrogens (tertiary/aromatic N) is 1. The van der Waals surface area contributed by atoms with Crippen LogP contribution in [0.25, 0.3) is 0 Å². The van der Waals surface area contributed by atoms with Crippen LogP contribution in [0.5, 0.6) is 0 Å². The van der Waals surface area contributed by atoms with E-state index < -0.39 is 28.1 Å². The predicted molar refractivity (Wildman–Crippen MR) is 74.4 cm³/mol. The van der Waals surface area contributed by atoms with Gasteiger partial charge in [0.15, 0.2) is 0 Å². The summed E-state index contributed by atoms with van der Waals surface area (Å²) in [6.45, 7) is 2.70. The van der Waals surface area contributed by atoms with E-state index in [0.717, 1.165) is 0 Å². The van der Waals surface area contributed by atoms with Crippen molar-refractivity contribution < 1.29 is 27.9 Å². The zero-order chi connectivity index (χ0) is 15.9. The van der Waals surface area contributed by atoms with Crippen LogP contribution >= 0.6 is 0 Å². The number of hydrogen-bond acceptors (Lipinski definition) is 5. The Morgan fingerprint density at radius 2 is 2.14 bits per heavy atom. The van der Waals surface area contributed by atoms with Gasteiger partial charge in [0, 0.05) is 19.6 Å². The monoisotopic (exact) mass is 323 g/mol. The summed E-state index contributed by atoms with van der Waals surface area (Å²) in [7, 11) is -3.39. The van der Waals surface area contributed by atoms with Gasteiger partial charge in [-0.3, -0.25) is 4.79 Å². The number of nitrogens with one attached hydrogen (secondary N) is 2. The lowest BCUT2D eigenvalue weighted by molar-refractivity contribution is -0.139. The summed E-state index contributed by atoms with van der Waals surface area (Å²) in [6.07, 6.45) is -0.205. The summed E-state index contributed by atoms with van der Waals surface area (Å²) in [5.74, 6) is -1.24. The number of carbonyl (C=O) groups excluding carboxylic acids is 1. The summed E-state index contributed by atoms with van der Waals surface area (Å²) in [4.78, 5) is 24.1. The molecular formula is C11H21N3O6S.